The fraction of sp³-hybridized carbons (Fsp3) is 0.714. The smallest absolute Gasteiger partial charge is 0.0304 e. The number of rotatable bonds is 7. The van der Waals surface area contributed by atoms with Gasteiger partial charge in [-0.15, -0.1) is 11.3 Å². The van der Waals surface area contributed by atoms with Crippen LogP contribution in [0.25, 0.3) is 0 Å². The van der Waals surface area contributed by atoms with Crippen molar-refractivity contribution >= 4 is 11.3 Å². The van der Waals surface area contributed by atoms with E-state index in [0.717, 1.165) is 12.5 Å². The molecule has 0 amide bonds. The van der Waals surface area contributed by atoms with Crippen molar-refractivity contribution in [3.63, 3.8) is 0 Å². The van der Waals surface area contributed by atoms with Gasteiger partial charge in [-0.3, -0.25) is 0 Å². The second kappa shape index (κ2) is 7.08. The summed E-state index contributed by atoms with van der Waals surface area (Å²) in [5.41, 5.74) is 1.43. The van der Waals surface area contributed by atoms with E-state index >= 15 is 0 Å². The molecule has 1 aromatic heterocycles. The Bertz CT molecular complexity index is 293. The molecule has 0 radical (unpaired) electrons. The van der Waals surface area contributed by atoms with Gasteiger partial charge in [-0.2, -0.15) is 0 Å². The summed E-state index contributed by atoms with van der Waals surface area (Å²) >= 11 is 1.86. The first-order valence-electron chi connectivity index (χ1n) is 6.43. The van der Waals surface area contributed by atoms with Crippen molar-refractivity contribution in [1.29, 1.82) is 0 Å². The van der Waals surface area contributed by atoms with E-state index in [1.165, 1.54) is 29.7 Å². The van der Waals surface area contributed by atoms with E-state index in [9.17, 15) is 0 Å². The lowest BCUT2D eigenvalue weighted by Crippen LogP contribution is -2.29. The summed E-state index contributed by atoms with van der Waals surface area (Å²) in [5, 5.41) is 5.87. The van der Waals surface area contributed by atoms with Crippen molar-refractivity contribution in [2.24, 2.45) is 5.92 Å². The Morgan fingerprint density at radius 1 is 1.31 bits per heavy atom. The van der Waals surface area contributed by atoms with Gasteiger partial charge in [-0.05, 0) is 42.7 Å². The zero-order valence-electron chi connectivity index (χ0n) is 11.0. The Balaban J connectivity index is 2.37. The van der Waals surface area contributed by atoms with Crippen LogP contribution in [0.1, 0.15) is 50.5 Å². The molecule has 16 heavy (non-hydrogen) atoms. The van der Waals surface area contributed by atoms with E-state index in [1.807, 2.05) is 11.3 Å². The number of hydrogen-bond donors (Lipinski definition) is 1. The van der Waals surface area contributed by atoms with E-state index in [4.69, 9.17) is 0 Å². The monoisotopic (exact) mass is 239 g/mol. The molecule has 0 aliphatic rings. The van der Waals surface area contributed by atoms with Gasteiger partial charge in [0, 0.05) is 17.5 Å². The average molecular weight is 239 g/mol. The van der Waals surface area contributed by atoms with E-state index in [2.05, 4.69) is 44.5 Å². The maximum atomic E-state index is 3.69. The highest BCUT2D eigenvalue weighted by Gasteiger charge is 2.10. The highest BCUT2D eigenvalue weighted by atomic mass is 32.1. The largest absolute Gasteiger partial charge is 0.309 e. The molecule has 0 aliphatic carbocycles. The molecule has 1 rings (SSSR count). The third kappa shape index (κ3) is 4.26. The van der Waals surface area contributed by atoms with Crippen LogP contribution < -0.4 is 5.32 Å². The molecule has 0 saturated heterocycles. The average Bonchev–Trinajstić information content (AvgIpc) is 2.69. The highest BCUT2D eigenvalue weighted by molar-refractivity contribution is 7.10. The molecule has 2 unspecified atom stereocenters. The third-order valence-electron chi connectivity index (χ3n) is 3.40. The van der Waals surface area contributed by atoms with Crippen molar-refractivity contribution in [1.82, 2.24) is 5.32 Å². The van der Waals surface area contributed by atoms with Crippen LogP contribution in [0.4, 0.5) is 0 Å². The minimum atomic E-state index is 0.677. The zero-order chi connectivity index (χ0) is 12.0. The molecule has 0 spiro atoms. The summed E-state index contributed by atoms with van der Waals surface area (Å²) < 4.78 is 0. The lowest BCUT2D eigenvalue weighted by Gasteiger charge is -2.20. The van der Waals surface area contributed by atoms with Crippen LogP contribution in [-0.2, 0) is 6.54 Å². The van der Waals surface area contributed by atoms with E-state index in [0.29, 0.717) is 6.04 Å². The standard InChI is InChI=1S/C14H25NS/c1-5-11(3)9-13(6-2)15-10-14-12(4)7-8-16-14/h7-8,11,13,15H,5-6,9-10H2,1-4H3. The molecule has 1 heterocycles. The predicted molar refractivity (Wildman–Crippen MR) is 74.0 cm³/mol. The Morgan fingerprint density at radius 3 is 2.56 bits per heavy atom. The lowest BCUT2D eigenvalue weighted by molar-refractivity contribution is 0.385. The second-order valence-corrected chi connectivity index (χ2v) is 5.76. The zero-order valence-corrected chi connectivity index (χ0v) is 11.9. The van der Waals surface area contributed by atoms with Crippen LogP contribution in [0.15, 0.2) is 11.4 Å². The molecule has 2 atom stereocenters. The van der Waals surface area contributed by atoms with Gasteiger partial charge in [0.1, 0.15) is 0 Å². The van der Waals surface area contributed by atoms with Crippen molar-refractivity contribution in [3.8, 4) is 0 Å². The van der Waals surface area contributed by atoms with Gasteiger partial charge in [0.2, 0.25) is 0 Å². The summed E-state index contributed by atoms with van der Waals surface area (Å²) in [6.45, 7) is 10.1. The number of nitrogens with one attached hydrogen (secondary N) is 1. The first kappa shape index (κ1) is 13.7. The fourth-order valence-corrected chi connectivity index (χ4v) is 2.73. The SMILES string of the molecule is CCC(C)CC(CC)NCc1sccc1C. The molecule has 0 aliphatic heterocycles. The van der Waals surface area contributed by atoms with Gasteiger partial charge in [0.15, 0.2) is 0 Å². The first-order chi connectivity index (χ1) is 7.67. The Hall–Kier alpha value is -0.340. The van der Waals surface area contributed by atoms with Crippen LogP contribution in [0, 0.1) is 12.8 Å². The molecule has 0 bridgehead atoms. The number of aryl methyl sites for hydroxylation is 1. The number of hydrogen-bond acceptors (Lipinski definition) is 2. The summed E-state index contributed by atoms with van der Waals surface area (Å²) in [5.74, 6) is 0.835. The van der Waals surface area contributed by atoms with Gasteiger partial charge in [0.05, 0.1) is 0 Å². The van der Waals surface area contributed by atoms with Crippen molar-refractivity contribution < 1.29 is 0 Å². The Labute approximate surface area is 104 Å². The molecule has 1 N–H and O–H groups in total. The molecular weight excluding hydrogens is 214 g/mol. The summed E-state index contributed by atoms with van der Waals surface area (Å²) in [6, 6.07) is 2.88. The summed E-state index contributed by atoms with van der Waals surface area (Å²) in [4.78, 5) is 1.49. The van der Waals surface area contributed by atoms with Crippen LogP contribution in [0.3, 0.4) is 0 Å². The van der Waals surface area contributed by atoms with Gasteiger partial charge in [0.25, 0.3) is 0 Å². The quantitative estimate of drug-likeness (QED) is 0.745. The summed E-state index contributed by atoms with van der Waals surface area (Å²) in [6.07, 6.45) is 3.82. The fourth-order valence-electron chi connectivity index (χ4n) is 1.87. The molecule has 0 aromatic carbocycles. The molecular formula is C14H25NS. The Kier molecular flexibility index (Phi) is 6.07. The molecule has 0 saturated carbocycles. The van der Waals surface area contributed by atoms with Crippen LogP contribution >= 0.6 is 11.3 Å². The molecule has 2 heteroatoms. The van der Waals surface area contributed by atoms with Crippen LogP contribution in [-0.4, -0.2) is 6.04 Å². The first-order valence-corrected chi connectivity index (χ1v) is 7.31. The minimum absolute atomic E-state index is 0.677. The normalized spacial score (nSPS) is 15.0. The van der Waals surface area contributed by atoms with Gasteiger partial charge in [-0.1, -0.05) is 27.2 Å². The predicted octanol–water partition coefficient (Wildman–Crippen LogP) is 4.36. The van der Waals surface area contributed by atoms with Crippen molar-refractivity contribution in [3.05, 3.63) is 21.9 Å². The van der Waals surface area contributed by atoms with Gasteiger partial charge in [-0.25, -0.2) is 0 Å². The second-order valence-electron chi connectivity index (χ2n) is 4.76. The molecule has 0 fully saturated rings. The molecule has 92 valence electrons. The van der Waals surface area contributed by atoms with E-state index in [-0.39, 0.29) is 0 Å². The van der Waals surface area contributed by atoms with E-state index < -0.39 is 0 Å². The van der Waals surface area contributed by atoms with Gasteiger partial charge >= 0.3 is 0 Å². The third-order valence-corrected chi connectivity index (χ3v) is 4.42. The summed E-state index contributed by atoms with van der Waals surface area (Å²) in [7, 11) is 0. The topological polar surface area (TPSA) is 12.0 Å². The molecule has 1 nitrogen and oxygen atoms in total. The van der Waals surface area contributed by atoms with Crippen LogP contribution in [0.5, 0.6) is 0 Å². The maximum Gasteiger partial charge on any atom is 0.0304 e. The maximum absolute atomic E-state index is 3.69. The van der Waals surface area contributed by atoms with Crippen molar-refractivity contribution in [2.45, 2.75) is 59.5 Å². The van der Waals surface area contributed by atoms with E-state index in [1.54, 1.807) is 0 Å². The van der Waals surface area contributed by atoms with Crippen molar-refractivity contribution in [2.75, 3.05) is 0 Å². The van der Waals surface area contributed by atoms with Gasteiger partial charge < -0.3 is 5.32 Å². The Morgan fingerprint density at radius 2 is 2.06 bits per heavy atom. The minimum Gasteiger partial charge on any atom is -0.309 e. The highest BCUT2D eigenvalue weighted by Crippen LogP contribution is 2.17. The van der Waals surface area contributed by atoms with Crippen LogP contribution in [0.2, 0.25) is 0 Å². The number of thiophene rings is 1. The molecule has 1 aromatic rings. The lowest BCUT2D eigenvalue weighted by atomic mass is 9.98.